The summed E-state index contributed by atoms with van der Waals surface area (Å²) in [6.45, 7) is 0. The van der Waals surface area contributed by atoms with Gasteiger partial charge in [0.05, 0.1) is 17.3 Å². The minimum Gasteiger partial charge on any atom is -0.387 e. The van der Waals surface area contributed by atoms with E-state index in [0.29, 0.717) is 29.0 Å². The zero-order valence-corrected chi connectivity index (χ0v) is 15.5. The van der Waals surface area contributed by atoms with Crippen molar-refractivity contribution >= 4 is 22.6 Å². The Morgan fingerprint density at radius 1 is 1.18 bits per heavy atom. The predicted octanol–water partition coefficient (Wildman–Crippen LogP) is 2.32. The van der Waals surface area contributed by atoms with Crippen LogP contribution in [0, 0.1) is 5.92 Å². The molecule has 0 bridgehead atoms. The van der Waals surface area contributed by atoms with E-state index < -0.39 is 6.10 Å². The molecule has 0 aliphatic heterocycles. The van der Waals surface area contributed by atoms with Gasteiger partial charge in [-0.25, -0.2) is 4.98 Å². The van der Waals surface area contributed by atoms with Gasteiger partial charge >= 0.3 is 0 Å². The number of nitrogens with zero attached hydrogens (tertiary/aromatic N) is 3. The number of anilines is 1. The smallest absolute Gasteiger partial charge is 0.258 e. The van der Waals surface area contributed by atoms with E-state index in [-0.39, 0.29) is 17.4 Å². The molecular formula is C21H20N4O3. The molecule has 0 saturated heterocycles. The van der Waals surface area contributed by atoms with Crippen LogP contribution in [0.4, 0.5) is 5.82 Å². The molecule has 142 valence electrons. The Balaban J connectivity index is 1.57. The number of aryl methyl sites for hydroxylation is 2. The maximum Gasteiger partial charge on any atom is 0.258 e. The van der Waals surface area contributed by atoms with Gasteiger partial charge in [-0.3, -0.25) is 14.6 Å². The maximum absolute atomic E-state index is 13.0. The third-order valence-electron chi connectivity index (χ3n) is 5.62. The normalized spacial score (nSPS) is 18.3. The van der Waals surface area contributed by atoms with E-state index in [1.165, 1.54) is 0 Å². The molecule has 2 aliphatic carbocycles. The molecule has 3 aromatic heterocycles. The molecule has 3 aromatic rings. The Kier molecular flexibility index (Phi) is 3.80. The second-order valence-electron chi connectivity index (χ2n) is 7.64. The summed E-state index contributed by atoms with van der Waals surface area (Å²) in [6.07, 6.45) is 6.08. The first-order valence-electron chi connectivity index (χ1n) is 9.49. The minimum atomic E-state index is -0.517. The van der Waals surface area contributed by atoms with Gasteiger partial charge in [0.1, 0.15) is 5.82 Å². The van der Waals surface area contributed by atoms with Crippen LogP contribution in [0.5, 0.6) is 0 Å². The number of fused-ring (bicyclic) bond motifs is 2. The number of carbonyl (C=O) groups excluding carboxylic acids is 1. The lowest BCUT2D eigenvalue weighted by molar-refractivity contribution is -0.117. The molecule has 7 heteroatoms. The zero-order chi connectivity index (χ0) is 19.4. The van der Waals surface area contributed by atoms with Crippen LogP contribution >= 0.6 is 0 Å². The molecule has 1 amide bonds. The SMILES string of the molecule is Cn1c(=O)c(-c2cnc3c(c2)CCC3O)cc2cnc(NC(=O)C3CC3)cc21. The fourth-order valence-electron chi connectivity index (χ4n) is 3.81. The van der Waals surface area contributed by atoms with Crippen molar-refractivity contribution in [2.75, 3.05) is 5.32 Å². The lowest BCUT2D eigenvalue weighted by Gasteiger charge is -2.11. The van der Waals surface area contributed by atoms with Gasteiger partial charge in [-0.1, -0.05) is 0 Å². The number of hydrogen-bond acceptors (Lipinski definition) is 5. The van der Waals surface area contributed by atoms with Gasteiger partial charge in [-0.2, -0.15) is 0 Å². The van der Waals surface area contributed by atoms with Gasteiger partial charge in [0, 0.05) is 47.9 Å². The molecular weight excluding hydrogens is 356 g/mol. The topological polar surface area (TPSA) is 97.1 Å². The molecule has 7 nitrogen and oxygen atoms in total. The molecule has 1 saturated carbocycles. The highest BCUT2D eigenvalue weighted by atomic mass is 16.3. The summed E-state index contributed by atoms with van der Waals surface area (Å²) >= 11 is 0. The Hall–Kier alpha value is -3.06. The zero-order valence-electron chi connectivity index (χ0n) is 15.5. The summed E-state index contributed by atoms with van der Waals surface area (Å²) in [5.74, 6) is 0.537. The van der Waals surface area contributed by atoms with E-state index in [0.717, 1.165) is 35.8 Å². The van der Waals surface area contributed by atoms with Gasteiger partial charge in [-0.15, -0.1) is 0 Å². The van der Waals surface area contributed by atoms with Crippen molar-refractivity contribution in [3.63, 3.8) is 0 Å². The summed E-state index contributed by atoms with van der Waals surface area (Å²) in [7, 11) is 1.71. The number of hydrogen-bond donors (Lipinski definition) is 2. The molecule has 28 heavy (non-hydrogen) atoms. The maximum atomic E-state index is 13.0. The standard InChI is InChI=1S/C21H20N4O3/c1-25-16-8-18(24-20(27)11-2-3-11)22-10-14(16)7-15(21(25)28)13-6-12-4-5-17(26)19(12)23-9-13/h6-11,17,26H,2-5H2,1H3,(H,22,24,27). The Bertz CT molecular complexity index is 1180. The number of carbonyl (C=O) groups is 1. The van der Waals surface area contributed by atoms with Crippen LogP contribution in [0.25, 0.3) is 22.0 Å². The Morgan fingerprint density at radius 3 is 2.79 bits per heavy atom. The van der Waals surface area contributed by atoms with Crippen LogP contribution in [0.3, 0.4) is 0 Å². The highest BCUT2D eigenvalue weighted by Gasteiger charge is 2.30. The third-order valence-corrected chi connectivity index (χ3v) is 5.62. The number of aliphatic hydroxyl groups excluding tert-OH is 1. The lowest BCUT2D eigenvalue weighted by Crippen LogP contribution is -2.20. The molecule has 2 N–H and O–H groups in total. The monoisotopic (exact) mass is 376 g/mol. The fraction of sp³-hybridized carbons (Fsp3) is 0.333. The van der Waals surface area contributed by atoms with Gasteiger partial charge < -0.3 is 15.0 Å². The predicted molar refractivity (Wildman–Crippen MR) is 105 cm³/mol. The first-order valence-corrected chi connectivity index (χ1v) is 9.49. The van der Waals surface area contributed by atoms with E-state index in [2.05, 4.69) is 15.3 Å². The number of rotatable bonds is 3. The van der Waals surface area contributed by atoms with E-state index in [1.807, 2.05) is 12.1 Å². The first-order chi connectivity index (χ1) is 13.5. The number of nitrogens with one attached hydrogen (secondary N) is 1. The van der Waals surface area contributed by atoms with Crippen LogP contribution in [-0.4, -0.2) is 25.5 Å². The van der Waals surface area contributed by atoms with Crippen LogP contribution < -0.4 is 10.9 Å². The van der Waals surface area contributed by atoms with Crippen molar-refractivity contribution < 1.29 is 9.90 Å². The van der Waals surface area contributed by atoms with Gasteiger partial charge in [0.25, 0.3) is 5.56 Å². The van der Waals surface area contributed by atoms with E-state index in [4.69, 9.17) is 0 Å². The number of aliphatic hydroxyl groups is 1. The largest absolute Gasteiger partial charge is 0.387 e. The second-order valence-corrected chi connectivity index (χ2v) is 7.64. The molecule has 5 rings (SSSR count). The van der Waals surface area contributed by atoms with E-state index >= 15 is 0 Å². The fourth-order valence-corrected chi connectivity index (χ4v) is 3.81. The van der Waals surface area contributed by atoms with E-state index in [1.54, 1.807) is 30.1 Å². The van der Waals surface area contributed by atoms with E-state index in [9.17, 15) is 14.7 Å². The van der Waals surface area contributed by atoms with Crippen LogP contribution in [-0.2, 0) is 18.3 Å². The average Bonchev–Trinajstić information content (AvgIpc) is 3.49. The molecule has 2 aliphatic rings. The van der Waals surface area contributed by atoms with Crippen molar-refractivity contribution in [2.24, 2.45) is 13.0 Å². The highest BCUT2D eigenvalue weighted by molar-refractivity contribution is 5.95. The molecule has 3 heterocycles. The van der Waals surface area contributed by atoms with Crippen LogP contribution in [0.2, 0.25) is 0 Å². The molecule has 0 aromatic carbocycles. The molecule has 1 atom stereocenters. The average molecular weight is 376 g/mol. The molecule has 1 fully saturated rings. The summed E-state index contributed by atoms with van der Waals surface area (Å²) in [5, 5.41) is 13.6. The highest BCUT2D eigenvalue weighted by Crippen LogP contribution is 2.32. The summed E-state index contributed by atoms with van der Waals surface area (Å²) in [4.78, 5) is 33.7. The molecule has 0 spiro atoms. The lowest BCUT2D eigenvalue weighted by atomic mass is 10.0. The van der Waals surface area contributed by atoms with Gasteiger partial charge in [-0.05, 0) is 43.4 Å². The van der Waals surface area contributed by atoms with Crippen molar-refractivity contribution in [1.82, 2.24) is 14.5 Å². The van der Waals surface area contributed by atoms with Crippen LogP contribution in [0.15, 0.2) is 35.4 Å². The summed E-state index contributed by atoms with van der Waals surface area (Å²) in [6, 6.07) is 5.49. The van der Waals surface area contributed by atoms with Crippen molar-refractivity contribution in [3.05, 3.63) is 52.2 Å². The van der Waals surface area contributed by atoms with Crippen molar-refractivity contribution in [1.29, 1.82) is 0 Å². The Morgan fingerprint density at radius 2 is 2.00 bits per heavy atom. The van der Waals surface area contributed by atoms with Gasteiger partial charge in [0.15, 0.2) is 0 Å². The number of pyridine rings is 3. The van der Waals surface area contributed by atoms with Gasteiger partial charge in [0.2, 0.25) is 5.91 Å². The van der Waals surface area contributed by atoms with Crippen LogP contribution in [0.1, 0.15) is 36.6 Å². The summed E-state index contributed by atoms with van der Waals surface area (Å²) in [5.41, 5.74) is 3.55. The first kappa shape index (κ1) is 17.1. The van der Waals surface area contributed by atoms with Crippen molar-refractivity contribution in [3.8, 4) is 11.1 Å². The third kappa shape index (κ3) is 2.79. The number of amides is 1. The quantitative estimate of drug-likeness (QED) is 0.731. The molecule has 0 radical (unpaired) electrons. The minimum absolute atomic E-state index is 0.0140. The summed E-state index contributed by atoms with van der Waals surface area (Å²) < 4.78 is 1.57. The van der Waals surface area contributed by atoms with Crippen molar-refractivity contribution in [2.45, 2.75) is 31.8 Å². The Labute approximate surface area is 161 Å². The number of aromatic nitrogens is 3. The molecule has 1 unspecified atom stereocenters. The second kappa shape index (κ2) is 6.24.